The summed E-state index contributed by atoms with van der Waals surface area (Å²) in [5.74, 6) is -0.636. The first-order valence-electron chi connectivity index (χ1n) is 6.16. The second-order valence-corrected chi connectivity index (χ2v) is 4.70. The number of nitrogens with one attached hydrogen (secondary N) is 1. The molecule has 1 rings (SSSR count). The molecule has 0 aromatic heterocycles. The number of amides is 2. The standard InChI is InChI=1S/C14H20N2O3/c1-9(2)11(10-7-5-4-6-8-10)12(13(15)17)16-14(18)19-3/h4-9,11-12H,1-3H3,(H2,15,17)(H,16,18)/t11?,12-/m0/s1. The number of methoxy groups -OCH3 is 1. The van der Waals surface area contributed by atoms with Gasteiger partial charge in [0.05, 0.1) is 7.11 Å². The number of ether oxygens (including phenoxy) is 1. The van der Waals surface area contributed by atoms with Gasteiger partial charge in [-0.05, 0) is 11.5 Å². The van der Waals surface area contributed by atoms with Gasteiger partial charge in [-0.15, -0.1) is 0 Å². The first kappa shape index (κ1) is 15.0. The molecule has 0 spiro atoms. The van der Waals surface area contributed by atoms with Crippen molar-refractivity contribution in [1.82, 2.24) is 5.32 Å². The molecule has 0 radical (unpaired) electrons. The van der Waals surface area contributed by atoms with Crippen LogP contribution in [0.25, 0.3) is 0 Å². The number of carbonyl (C=O) groups is 2. The summed E-state index contributed by atoms with van der Waals surface area (Å²) < 4.78 is 4.54. The fourth-order valence-corrected chi connectivity index (χ4v) is 2.16. The van der Waals surface area contributed by atoms with Crippen LogP contribution < -0.4 is 11.1 Å². The minimum Gasteiger partial charge on any atom is -0.453 e. The number of rotatable bonds is 5. The average molecular weight is 264 g/mol. The molecule has 0 aliphatic carbocycles. The predicted molar refractivity (Wildman–Crippen MR) is 72.5 cm³/mol. The van der Waals surface area contributed by atoms with Crippen LogP contribution in [0.4, 0.5) is 4.79 Å². The molecule has 0 fully saturated rings. The van der Waals surface area contributed by atoms with Crippen LogP contribution in [0.3, 0.4) is 0 Å². The number of carbonyl (C=O) groups excluding carboxylic acids is 2. The zero-order valence-corrected chi connectivity index (χ0v) is 11.4. The molecule has 19 heavy (non-hydrogen) atoms. The van der Waals surface area contributed by atoms with Crippen molar-refractivity contribution in [3.63, 3.8) is 0 Å². The zero-order valence-electron chi connectivity index (χ0n) is 11.4. The molecule has 3 N–H and O–H groups in total. The normalized spacial score (nSPS) is 13.7. The van der Waals surface area contributed by atoms with Crippen molar-refractivity contribution in [3.8, 4) is 0 Å². The lowest BCUT2D eigenvalue weighted by molar-refractivity contribution is -0.120. The van der Waals surface area contributed by atoms with Crippen molar-refractivity contribution in [3.05, 3.63) is 35.9 Å². The zero-order chi connectivity index (χ0) is 14.4. The second kappa shape index (κ2) is 6.78. The van der Waals surface area contributed by atoms with Crippen molar-refractivity contribution in [2.45, 2.75) is 25.8 Å². The Balaban J connectivity index is 3.07. The van der Waals surface area contributed by atoms with E-state index in [-0.39, 0.29) is 11.8 Å². The molecule has 0 aliphatic rings. The molecule has 0 aliphatic heterocycles. The lowest BCUT2D eigenvalue weighted by atomic mass is 9.82. The molecule has 1 aromatic carbocycles. The minimum absolute atomic E-state index is 0.136. The lowest BCUT2D eigenvalue weighted by Crippen LogP contribution is -2.49. The summed E-state index contributed by atoms with van der Waals surface area (Å²) in [6, 6.07) is 8.71. The highest BCUT2D eigenvalue weighted by molar-refractivity contribution is 5.85. The molecular formula is C14H20N2O3. The molecule has 5 nitrogen and oxygen atoms in total. The van der Waals surface area contributed by atoms with E-state index in [4.69, 9.17) is 5.73 Å². The van der Waals surface area contributed by atoms with Crippen LogP contribution in [0.1, 0.15) is 25.3 Å². The van der Waals surface area contributed by atoms with Gasteiger partial charge in [0.1, 0.15) is 6.04 Å². The first-order valence-corrected chi connectivity index (χ1v) is 6.16. The Bertz CT molecular complexity index is 432. The summed E-state index contributed by atoms with van der Waals surface area (Å²) in [7, 11) is 1.25. The molecule has 0 heterocycles. The monoisotopic (exact) mass is 264 g/mol. The maximum absolute atomic E-state index is 11.6. The van der Waals surface area contributed by atoms with E-state index < -0.39 is 18.0 Å². The van der Waals surface area contributed by atoms with Crippen LogP contribution in [0.5, 0.6) is 0 Å². The Kier molecular flexibility index (Phi) is 5.36. The van der Waals surface area contributed by atoms with Gasteiger partial charge in [-0.2, -0.15) is 0 Å². The van der Waals surface area contributed by atoms with E-state index in [0.29, 0.717) is 0 Å². The van der Waals surface area contributed by atoms with Crippen molar-refractivity contribution in [2.24, 2.45) is 11.7 Å². The SMILES string of the molecule is COC(=O)N[C@H](C(N)=O)C(c1ccccc1)C(C)C. The van der Waals surface area contributed by atoms with Crippen LogP contribution in [0.2, 0.25) is 0 Å². The van der Waals surface area contributed by atoms with Crippen LogP contribution >= 0.6 is 0 Å². The van der Waals surface area contributed by atoms with Crippen molar-refractivity contribution < 1.29 is 14.3 Å². The van der Waals surface area contributed by atoms with Gasteiger partial charge in [0, 0.05) is 5.92 Å². The highest BCUT2D eigenvalue weighted by Gasteiger charge is 2.31. The van der Waals surface area contributed by atoms with E-state index in [9.17, 15) is 9.59 Å². The molecule has 5 heteroatoms. The van der Waals surface area contributed by atoms with E-state index in [0.717, 1.165) is 5.56 Å². The van der Waals surface area contributed by atoms with Gasteiger partial charge < -0.3 is 15.8 Å². The van der Waals surface area contributed by atoms with Gasteiger partial charge in [0.15, 0.2) is 0 Å². The third-order valence-corrected chi connectivity index (χ3v) is 3.03. The molecule has 104 valence electrons. The van der Waals surface area contributed by atoms with Crippen LogP contribution in [-0.2, 0) is 9.53 Å². The molecule has 0 saturated carbocycles. The Morgan fingerprint density at radius 3 is 2.21 bits per heavy atom. The topological polar surface area (TPSA) is 81.4 Å². The number of benzene rings is 1. The van der Waals surface area contributed by atoms with Crippen molar-refractivity contribution >= 4 is 12.0 Å². The quantitative estimate of drug-likeness (QED) is 0.848. The van der Waals surface area contributed by atoms with Gasteiger partial charge in [-0.3, -0.25) is 4.79 Å². The molecule has 2 amide bonds. The van der Waals surface area contributed by atoms with Crippen molar-refractivity contribution in [1.29, 1.82) is 0 Å². The summed E-state index contributed by atoms with van der Waals surface area (Å²) in [4.78, 5) is 23.0. The van der Waals surface area contributed by atoms with E-state index in [1.165, 1.54) is 7.11 Å². The fraction of sp³-hybridized carbons (Fsp3) is 0.429. The van der Waals surface area contributed by atoms with E-state index in [1.807, 2.05) is 44.2 Å². The van der Waals surface area contributed by atoms with Crippen molar-refractivity contribution in [2.75, 3.05) is 7.11 Å². The Labute approximate surface area is 113 Å². The number of primary amides is 1. The third kappa shape index (κ3) is 3.98. The molecule has 1 aromatic rings. The Morgan fingerprint density at radius 2 is 1.79 bits per heavy atom. The fourth-order valence-electron chi connectivity index (χ4n) is 2.16. The second-order valence-electron chi connectivity index (χ2n) is 4.70. The number of hydrogen-bond acceptors (Lipinski definition) is 3. The summed E-state index contributed by atoms with van der Waals surface area (Å²) in [6.45, 7) is 3.96. The number of nitrogens with two attached hydrogens (primary N) is 1. The van der Waals surface area contributed by atoms with Crippen LogP contribution in [-0.4, -0.2) is 25.2 Å². The summed E-state index contributed by atoms with van der Waals surface area (Å²) in [5, 5.41) is 2.51. The Morgan fingerprint density at radius 1 is 1.21 bits per heavy atom. The molecule has 0 saturated heterocycles. The maximum Gasteiger partial charge on any atom is 0.407 e. The smallest absolute Gasteiger partial charge is 0.407 e. The lowest BCUT2D eigenvalue weighted by Gasteiger charge is -2.28. The highest BCUT2D eigenvalue weighted by Crippen LogP contribution is 2.28. The summed E-state index contributed by atoms with van der Waals surface area (Å²) in [5.41, 5.74) is 6.36. The largest absolute Gasteiger partial charge is 0.453 e. The number of hydrogen-bond donors (Lipinski definition) is 2. The van der Waals surface area contributed by atoms with Gasteiger partial charge in [-0.1, -0.05) is 44.2 Å². The number of alkyl carbamates (subject to hydrolysis) is 1. The van der Waals surface area contributed by atoms with Gasteiger partial charge in [0.25, 0.3) is 0 Å². The molecule has 2 atom stereocenters. The minimum atomic E-state index is -0.796. The van der Waals surface area contributed by atoms with Crippen LogP contribution in [0, 0.1) is 5.92 Å². The average Bonchev–Trinajstić information content (AvgIpc) is 2.38. The highest BCUT2D eigenvalue weighted by atomic mass is 16.5. The third-order valence-electron chi connectivity index (χ3n) is 3.03. The van der Waals surface area contributed by atoms with E-state index in [2.05, 4.69) is 10.1 Å². The molecular weight excluding hydrogens is 244 g/mol. The predicted octanol–water partition coefficient (Wildman–Crippen LogP) is 1.64. The van der Waals surface area contributed by atoms with Gasteiger partial charge >= 0.3 is 6.09 Å². The van der Waals surface area contributed by atoms with Gasteiger partial charge in [-0.25, -0.2) is 4.79 Å². The van der Waals surface area contributed by atoms with E-state index >= 15 is 0 Å². The molecule has 1 unspecified atom stereocenters. The Hall–Kier alpha value is -2.04. The van der Waals surface area contributed by atoms with Crippen LogP contribution in [0.15, 0.2) is 30.3 Å². The summed E-state index contributed by atoms with van der Waals surface area (Å²) >= 11 is 0. The summed E-state index contributed by atoms with van der Waals surface area (Å²) in [6.07, 6.45) is -0.662. The maximum atomic E-state index is 11.6. The first-order chi connectivity index (χ1) is 8.97. The molecule has 0 bridgehead atoms. The van der Waals surface area contributed by atoms with Gasteiger partial charge in [0.2, 0.25) is 5.91 Å². The van der Waals surface area contributed by atoms with E-state index in [1.54, 1.807) is 0 Å².